The number of nitrogens with one attached hydrogen (secondary N) is 1. The molecule has 8 nitrogen and oxygen atoms in total. The molecule has 32 heavy (non-hydrogen) atoms. The van der Waals surface area contributed by atoms with E-state index in [0.717, 1.165) is 23.2 Å². The van der Waals surface area contributed by atoms with E-state index in [0.29, 0.717) is 29.7 Å². The van der Waals surface area contributed by atoms with E-state index in [1.54, 1.807) is 6.07 Å². The Morgan fingerprint density at radius 2 is 2.03 bits per heavy atom. The van der Waals surface area contributed by atoms with Crippen LogP contribution in [0.15, 0.2) is 40.8 Å². The molecule has 0 radical (unpaired) electrons. The molecule has 168 valence electrons. The summed E-state index contributed by atoms with van der Waals surface area (Å²) in [6.45, 7) is 8.59. The Balaban J connectivity index is 1.80. The van der Waals surface area contributed by atoms with Gasteiger partial charge in [0, 0.05) is 22.6 Å². The Labute approximate surface area is 191 Å². The van der Waals surface area contributed by atoms with Gasteiger partial charge in [0.1, 0.15) is 0 Å². The third kappa shape index (κ3) is 5.61. The number of hydrazone groups is 1. The summed E-state index contributed by atoms with van der Waals surface area (Å²) >= 11 is 1.43. The van der Waals surface area contributed by atoms with Gasteiger partial charge in [-0.1, -0.05) is 30.7 Å². The van der Waals surface area contributed by atoms with Crippen molar-refractivity contribution in [3.63, 3.8) is 0 Å². The molecule has 0 unspecified atom stereocenters. The van der Waals surface area contributed by atoms with Gasteiger partial charge in [-0.3, -0.25) is 15.5 Å². The van der Waals surface area contributed by atoms with Gasteiger partial charge in [-0.25, -0.2) is 4.98 Å². The van der Waals surface area contributed by atoms with Crippen LogP contribution in [0.25, 0.3) is 11.3 Å². The zero-order chi connectivity index (χ0) is 23.1. The van der Waals surface area contributed by atoms with Crippen LogP contribution in [-0.4, -0.2) is 29.3 Å². The first-order valence-corrected chi connectivity index (χ1v) is 11.2. The van der Waals surface area contributed by atoms with E-state index in [1.807, 2.05) is 19.2 Å². The number of aromatic nitrogens is 1. The fourth-order valence-corrected chi connectivity index (χ4v) is 3.80. The van der Waals surface area contributed by atoms with Crippen LogP contribution in [0, 0.1) is 24.0 Å². The maximum Gasteiger partial charge on any atom is 0.315 e. The molecule has 0 fully saturated rings. The lowest BCUT2D eigenvalue weighted by molar-refractivity contribution is -0.386. The highest BCUT2D eigenvalue weighted by molar-refractivity contribution is 7.14. The third-order valence-corrected chi connectivity index (χ3v) is 5.29. The van der Waals surface area contributed by atoms with E-state index in [9.17, 15) is 10.1 Å². The molecule has 0 aliphatic carbocycles. The van der Waals surface area contributed by atoms with Crippen molar-refractivity contribution in [3.05, 3.63) is 62.5 Å². The summed E-state index contributed by atoms with van der Waals surface area (Å²) in [4.78, 5) is 15.7. The van der Waals surface area contributed by atoms with Gasteiger partial charge in [-0.05, 0) is 38.8 Å². The monoisotopic (exact) mass is 454 g/mol. The number of aryl methyl sites for hydroxylation is 2. The van der Waals surface area contributed by atoms with E-state index >= 15 is 0 Å². The zero-order valence-corrected chi connectivity index (χ0v) is 19.4. The lowest BCUT2D eigenvalue weighted by atomic mass is 10.0. The van der Waals surface area contributed by atoms with Gasteiger partial charge in [0.2, 0.25) is 10.9 Å². The first-order chi connectivity index (χ1) is 15.4. The molecule has 3 aromatic rings. The fraction of sp³-hybridized carbons (Fsp3) is 0.304. The minimum atomic E-state index is -0.477. The lowest BCUT2D eigenvalue weighted by Gasteiger charge is -2.12. The molecule has 0 saturated heterocycles. The van der Waals surface area contributed by atoms with Gasteiger partial charge in [0.25, 0.3) is 0 Å². The number of thiazole rings is 1. The van der Waals surface area contributed by atoms with Gasteiger partial charge in [-0.2, -0.15) is 5.10 Å². The Hall–Kier alpha value is -3.46. The highest BCUT2D eigenvalue weighted by atomic mass is 32.1. The molecule has 1 heterocycles. The summed E-state index contributed by atoms with van der Waals surface area (Å²) in [5.41, 5.74) is 7.57. The van der Waals surface area contributed by atoms with Crippen molar-refractivity contribution >= 4 is 28.4 Å². The number of nitro benzene ring substituents is 1. The maximum absolute atomic E-state index is 11.6. The molecule has 0 aliphatic rings. The van der Waals surface area contributed by atoms with Crippen LogP contribution < -0.4 is 14.9 Å². The van der Waals surface area contributed by atoms with Crippen LogP contribution in [0.2, 0.25) is 0 Å². The van der Waals surface area contributed by atoms with Crippen molar-refractivity contribution < 1.29 is 14.4 Å². The molecule has 0 amide bonds. The number of nitro groups is 1. The average Bonchev–Trinajstić information content (AvgIpc) is 3.21. The first-order valence-electron chi connectivity index (χ1n) is 10.3. The summed E-state index contributed by atoms with van der Waals surface area (Å²) < 4.78 is 11.2. The Morgan fingerprint density at radius 1 is 1.22 bits per heavy atom. The van der Waals surface area contributed by atoms with Crippen molar-refractivity contribution in [1.82, 2.24) is 4.98 Å². The Morgan fingerprint density at radius 3 is 2.72 bits per heavy atom. The van der Waals surface area contributed by atoms with Crippen molar-refractivity contribution in [2.24, 2.45) is 5.10 Å². The smallest absolute Gasteiger partial charge is 0.315 e. The predicted molar refractivity (Wildman–Crippen MR) is 128 cm³/mol. The van der Waals surface area contributed by atoms with Gasteiger partial charge < -0.3 is 9.47 Å². The molecule has 1 aromatic heterocycles. The van der Waals surface area contributed by atoms with E-state index in [4.69, 9.17) is 9.47 Å². The van der Waals surface area contributed by atoms with Gasteiger partial charge >= 0.3 is 5.69 Å². The highest BCUT2D eigenvalue weighted by Crippen LogP contribution is 2.38. The molecule has 0 spiro atoms. The molecule has 0 saturated carbocycles. The second kappa shape index (κ2) is 10.7. The van der Waals surface area contributed by atoms with Gasteiger partial charge in [-0.15, -0.1) is 11.3 Å². The molecule has 0 bridgehead atoms. The van der Waals surface area contributed by atoms with Crippen molar-refractivity contribution in [2.75, 3.05) is 18.6 Å². The molecule has 0 atom stereocenters. The lowest BCUT2D eigenvalue weighted by Crippen LogP contribution is -2.04. The van der Waals surface area contributed by atoms with E-state index in [-0.39, 0.29) is 11.4 Å². The quantitative estimate of drug-likeness (QED) is 0.230. The number of anilines is 1. The molecule has 2 aromatic carbocycles. The van der Waals surface area contributed by atoms with Crippen LogP contribution in [-0.2, 0) is 0 Å². The summed E-state index contributed by atoms with van der Waals surface area (Å²) in [5.74, 6) is 0.463. The summed E-state index contributed by atoms with van der Waals surface area (Å²) in [5, 5.41) is 18.4. The van der Waals surface area contributed by atoms with E-state index < -0.39 is 4.92 Å². The Bertz CT molecular complexity index is 1130. The first kappa shape index (κ1) is 23.2. The fourth-order valence-electron chi connectivity index (χ4n) is 3.14. The molecular weight excluding hydrogens is 428 g/mol. The highest BCUT2D eigenvalue weighted by Gasteiger charge is 2.22. The molecule has 9 heteroatoms. The van der Waals surface area contributed by atoms with Crippen molar-refractivity contribution in [3.8, 4) is 22.8 Å². The van der Waals surface area contributed by atoms with Crippen LogP contribution in [0.5, 0.6) is 11.5 Å². The maximum atomic E-state index is 11.6. The topological polar surface area (TPSA) is 98.9 Å². The minimum absolute atomic E-state index is 0.141. The molecule has 3 rings (SSSR count). The van der Waals surface area contributed by atoms with Crippen LogP contribution in [0.4, 0.5) is 10.8 Å². The van der Waals surface area contributed by atoms with Gasteiger partial charge in [0.15, 0.2) is 5.75 Å². The summed E-state index contributed by atoms with van der Waals surface area (Å²) in [6.07, 6.45) is 2.23. The Kier molecular flexibility index (Phi) is 7.77. The van der Waals surface area contributed by atoms with Crippen molar-refractivity contribution in [1.29, 1.82) is 0 Å². The third-order valence-electron chi connectivity index (χ3n) is 4.54. The number of ether oxygens (including phenoxy) is 2. The van der Waals surface area contributed by atoms with Crippen LogP contribution in [0.1, 0.15) is 37.0 Å². The van der Waals surface area contributed by atoms with Gasteiger partial charge in [0.05, 0.1) is 30.0 Å². The van der Waals surface area contributed by atoms with Crippen LogP contribution >= 0.6 is 11.3 Å². The number of benzene rings is 2. The average molecular weight is 455 g/mol. The summed E-state index contributed by atoms with van der Waals surface area (Å²) in [7, 11) is 0. The zero-order valence-electron chi connectivity index (χ0n) is 18.5. The molecule has 1 N–H and O–H groups in total. The normalized spacial score (nSPS) is 11.0. The largest absolute Gasteiger partial charge is 0.490 e. The second-order valence-corrected chi connectivity index (χ2v) is 7.99. The SMILES string of the molecule is CCCOc1c(OCC)cc(/C=N\Nc2nc(-c3ccc(C)cc3C)cs2)cc1[N+](=O)[O-]. The number of hydrogen-bond donors (Lipinski definition) is 1. The summed E-state index contributed by atoms with van der Waals surface area (Å²) in [6, 6.07) is 9.33. The molecule has 0 aliphatic heterocycles. The second-order valence-electron chi connectivity index (χ2n) is 7.13. The van der Waals surface area contributed by atoms with E-state index in [1.165, 1.54) is 29.2 Å². The standard InChI is InChI=1S/C23H26N4O4S/c1-5-9-31-22-20(27(28)29)11-17(12-21(22)30-6-2)13-24-26-23-25-19(14-32-23)18-8-7-15(3)10-16(18)4/h7-8,10-14H,5-6,9H2,1-4H3,(H,25,26)/b24-13-. The minimum Gasteiger partial charge on any atom is -0.490 e. The number of rotatable bonds is 10. The molecular formula is C23H26N4O4S. The van der Waals surface area contributed by atoms with E-state index in [2.05, 4.69) is 47.6 Å². The predicted octanol–water partition coefficient (Wildman–Crippen LogP) is 5.97. The number of nitrogens with zero attached hydrogens (tertiary/aromatic N) is 3. The van der Waals surface area contributed by atoms with Crippen molar-refractivity contribution in [2.45, 2.75) is 34.1 Å². The van der Waals surface area contributed by atoms with Crippen LogP contribution in [0.3, 0.4) is 0 Å². The number of hydrogen-bond acceptors (Lipinski definition) is 8.